The van der Waals surface area contributed by atoms with Gasteiger partial charge < -0.3 is 15.9 Å². The van der Waals surface area contributed by atoms with E-state index >= 15 is 0 Å². The molecule has 0 fully saturated rings. The highest BCUT2D eigenvalue weighted by molar-refractivity contribution is 5.90. The Morgan fingerprint density at radius 1 is 1.53 bits per heavy atom. The summed E-state index contributed by atoms with van der Waals surface area (Å²) in [7, 11) is 0. The molecule has 4 heteroatoms. The molecule has 4 nitrogen and oxygen atoms in total. The van der Waals surface area contributed by atoms with Gasteiger partial charge >= 0.3 is 5.97 Å². The lowest BCUT2D eigenvalue weighted by molar-refractivity contribution is 0.0693. The van der Waals surface area contributed by atoms with Gasteiger partial charge in [0.15, 0.2) is 0 Å². The Kier molecular flexibility index (Phi) is 3.68. The Balaban J connectivity index is 3.02. The number of carbonyl (C=O) groups is 1. The summed E-state index contributed by atoms with van der Waals surface area (Å²) in [6, 6.07) is 4.28. The molecule has 0 aliphatic rings. The predicted molar refractivity (Wildman–Crippen MR) is 56.9 cm³/mol. The minimum Gasteiger partial charge on any atom is -0.507 e. The second-order valence-corrected chi connectivity index (χ2v) is 3.48. The third-order valence-electron chi connectivity index (χ3n) is 2.28. The lowest BCUT2D eigenvalue weighted by atomic mass is 10.0. The van der Waals surface area contributed by atoms with E-state index in [1.54, 1.807) is 6.07 Å². The van der Waals surface area contributed by atoms with E-state index in [1.165, 1.54) is 12.1 Å². The fraction of sp³-hybridized carbons (Fsp3) is 0.364. The fourth-order valence-corrected chi connectivity index (χ4v) is 1.43. The van der Waals surface area contributed by atoms with Gasteiger partial charge in [0.05, 0.1) is 0 Å². The summed E-state index contributed by atoms with van der Waals surface area (Å²) < 4.78 is 0. The van der Waals surface area contributed by atoms with Gasteiger partial charge in [-0.3, -0.25) is 0 Å². The zero-order valence-electron chi connectivity index (χ0n) is 8.60. The Morgan fingerprint density at radius 2 is 2.20 bits per heavy atom. The van der Waals surface area contributed by atoms with E-state index in [0.29, 0.717) is 0 Å². The van der Waals surface area contributed by atoms with Crippen molar-refractivity contribution in [2.45, 2.75) is 25.8 Å². The summed E-state index contributed by atoms with van der Waals surface area (Å²) in [6.45, 7) is 2.01. The molecular weight excluding hydrogens is 194 g/mol. The monoisotopic (exact) mass is 209 g/mol. The van der Waals surface area contributed by atoms with Crippen LogP contribution in [0.1, 0.15) is 41.7 Å². The van der Waals surface area contributed by atoms with Crippen molar-refractivity contribution in [3.8, 4) is 5.75 Å². The van der Waals surface area contributed by atoms with Gasteiger partial charge in [0.25, 0.3) is 0 Å². The van der Waals surface area contributed by atoms with Crippen LogP contribution in [0, 0.1) is 0 Å². The van der Waals surface area contributed by atoms with Crippen molar-refractivity contribution in [2.24, 2.45) is 5.73 Å². The van der Waals surface area contributed by atoms with Crippen molar-refractivity contribution >= 4 is 5.97 Å². The maximum Gasteiger partial charge on any atom is 0.339 e. The summed E-state index contributed by atoms with van der Waals surface area (Å²) in [5.74, 6) is -1.37. The lowest BCUT2D eigenvalue weighted by Crippen LogP contribution is -2.10. The quantitative estimate of drug-likeness (QED) is 0.707. The predicted octanol–water partition coefficient (Wildman–Crippen LogP) is 1.89. The number of nitrogens with two attached hydrogens (primary N) is 1. The lowest BCUT2D eigenvalue weighted by Gasteiger charge is -2.11. The second-order valence-electron chi connectivity index (χ2n) is 3.48. The van der Waals surface area contributed by atoms with E-state index in [4.69, 9.17) is 10.8 Å². The Labute approximate surface area is 88.3 Å². The summed E-state index contributed by atoms with van der Waals surface area (Å²) in [5.41, 5.74) is 6.49. The first-order valence-corrected chi connectivity index (χ1v) is 4.88. The van der Waals surface area contributed by atoms with E-state index in [-0.39, 0.29) is 17.4 Å². The molecule has 1 rings (SSSR count). The molecule has 0 heterocycles. The molecule has 0 aromatic heterocycles. The smallest absolute Gasteiger partial charge is 0.339 e. The molecule has 4 N–H and O–H groups in total. The molecule has 0 amide bonds. The maximum absolute atomic E-state index is 10.8. The van der Waals surface area contributed by atoms with Crippen LogP contribution in [-0.4, -0.2) is 16.2 Å². The van der Waals surface area contributed by atoms with Gasteiger partial charge in [0.2, 0.25) is 0 Å². The van der Waals surface area contributed by atoms with Crippen LogP contribution < -0.4 is 5.73 Å². The normalized spacial score (nSPS) is 12.4. The van der Waals surface area contributed by atoms with E-state index in [9.17, 15) is 9.90 Å². The minimum absolute atomic E-state index is 0.0981. The molecule has 0 spiro atoms. The fourth-order valence-electron chi connectivity index (χ4n) is 1.43. The van der Waals surface area contributed by atoms with Gasteiger partial charge in [-0.2, -0.15) is 0 Å². The van der Waals surface area contributed by atoms with Crippen molar-refractivity contribution < 1.29 is 15.0 Å². The van der Waals surface area contributed by atoms with Crippen molar-refractivity contribution in [1.82, 2.24) is 0 Å². The average molecular weight is 209 g/mol. The highest BCUT2D eigenvalue weighted by atomic mass is 16.4. The summed E-state index contributed by atoms with van der Waals surface area (Å²) in [6.07, 6.45) is 1.73. The molecular formula is C11H15NO3. The molecule has 1 aromatic carbocycles. The standard InChI is InChI=1S/C11H15NO3/c1-2-3-9(12)7-4-5-10(13)8(6-7)11(14)15/h4-6,9,13H,2-3,12H2,1H3,(H,14,15)/t9-/m0/s1. The van der Waals surface area contributed by atoms with Gasteiger partial charge in [0.1, 0.15) is 11.3 Å². The van der Waals surface area contributed by atoms with Gasteiger partial charge in [-0.1, -0.05) is 19.4 Å². The molecule has 1 atom stereocenters. The number of benzene rings is 1. The number of hydrogen-bond acceptors (Lipinski definition) is 3. The second kappa shape index (κ2) is 4.79. The maximum atomic E-state index is 10.8. The summed E-state index contributed by atoms with van der Waals surface area (Å²) in [5, 5.41) is 18.1. The zero-order valence-corrected chi connectivity index (χ0v) is 8.60. The number of aromatic carboxylic acids is 1. The molecule has 0 bridgehead atoms. The summed E-state index contributed by atoms with van der Waals surface area (Å²) in [4.78, 5) is 10.8. The van der Waals surface area contributed by atoms with Crippen molar-refractivity contribution in [1.29, 1.82) is 0 Å². The number of carboxylic acids is 1. The molecule has 82 valence electrons. The van der Waals surface area contributed by atoms with Crippen LogP contribution in [0.5, 0.6) is 5.75 Å². The molecule has 0 unspecified atom stereocenters. The van der Waals surface area contributed by atoms with Gasteiger partial charge in [-0.05, 0) is 24.1 Å². The van der Waals surface area contributed by atoms with Crippen LogP contribution in [0.3, 0.4) is 0 Å². The van der Waals surface area contributed by atoms with Crippen molar-refractivity contribution in [2.75, 3.05) is 0 Å². The van der Waals surface area contributed by atoms with Crippen molar-refractivity contribution in [3.05, 3.63) is 29.3 Å². The molecule has 15 heavy (non-hydrogen) atoms. The first-order valence-electron chi connectivity index (χ1n) is 4.88. The zero-order chi connectivity index (χ0) is 11.4. The summed E-state index contributed by atoms with van der Waals surface area (Å²) >= 11 is 0. The highest BCUT2D eigenvalue weighted by Gasteiger charge is 2.12. The number of phenols is 1. The number of hydrogen-bond donors (Lipinski definition) is 3. The van der Waals surface area contributed by atoms with Crippen LogP contribution in [-0.2, 0) is 0 Å². The van der Waals surface area contributed by atoms with E-state index in [0.717, 1.165) is 18.4 Å². The minimum atomic E-state index is -1.14. The molecule has 0 saturated heterocycles. The van der Waals surface area contributed by atoms with E-state index in [1.807, 2.05) is 6.92 Å². The number of carboxylic acid groups (broad SMARTS) is 1. The van der Waals surface area contributed by atoms with Crippen molar-refractivity contribution in [3.63, 3.8) is 0 Å². The van der Waals surface area contributed by atoms with Crippen LogP contribution in [0.2, 0.25) is 0 Å². The van der Waals surface area contributed by atoms with Crippen LogP contribution in [0.15, 0.2) is 18.2 Å². The first kappa shape index (κ1) is 11.5. The largest absolute Gasteiger partial charge is 0.507 e. The van der Waals surface area contributed by atoms with Crippen LogP contribution in [0.25, 0.3) is 0 Å². The molecule has 0 aliphatic heterocycles. The van der Waals surface area contributed by atoms with E-state index < -0.39 is 5.97 Å². The van der Waals surface area contributed by atoms with Crippen LogP contribution in [0.4, 0.5) is 0 Å². The van der Waals surface area contributed by atoms with Crippen LogP contribution >= 0.6 is 0 Å². The highest BCUT2D eigenvalue weighted by Crippen LogP contribution is 2.23. The molecule has 0 radical (unpaired) electrons. The molecule has 0 saturated carbocycles. The SMILES string of the molecule is CCC[C@H](N)c1ccc(O)c(C(=O)O)c1. The molecule has 1 aromatic rings. The number of aromatic hydroxyl groups is 1. The Hall–Kier alpha value is -1.55. The third kappa shape index (κ3) is 2.70. The number of rotatable bonds is 4. The molecule has 0 aliphatic carbocycles. The Morgan fingerprint density at radius 3 is 2.73 bits per heavy atom. The average Bonchev–Trinajstić information content (AvgIpc) is 2.18. The Bertz CT molecular complexity index is 363. The van der Waals surface area contributed by atoms with Gasteiger partial charge in [-0.25, -0.2) is 4.79 Å². The third-order valence-corrected chi connectivity index (χ3v) is 2.28. The topological polar surface area (TPSA) is 83.5 Å². The van der Waals surface area contributed by atoms with E-state index in [2.05, 4.69) is 0 Å². The first-order chi connectivity index (χ1) is 7.06. The van der Waals surface area contributed by atoms with Gasteiger partial charge in [0, 0.05) is 6.04 Å². The van der Waals surface area contributed by atoms with Gasteiger partial charge in [-0.15, -0.1) is 0 Å².